The van der Waals surface area contributed by atoms with E-state index in [1.165, 1.54) is 11.3 Å². The Hall–Kier alpha value is -2.38. The van der Waals surface area contributed by atoms with E-state index in [1.54, 1.807) is 37.3 Å². The number of carbonyl (C=O) groups is 2. The van der Waals surface area contributed by atoms with Crippen molar-refractivity contribution in [2.75, 3.05) is 18.5 Å². The normalized spacial score (nSPS) is 13.0. The lowest BCUT2D eigenvalue weighted by atomic mass is 10.1. The van der Waals surface area contributed by atoms with Gasteiger partial charge in [0.2, 0.25) is 0 Å². The summed E-state index contributed by atoms with van der Waals surface area (Å²) in [5.41, 5.74) is -0.730. The van der Waals surface area contributed by atoms with Crippen LogP contribution in [-0.4, -0.2) is 30.1 Å². The van der Waals surface area contributed by atoms with Gasteiger partial charge in [0.1, 0.15) is 11.4 Å². The van der Waals surface area contributed by atoms with Crippen molar-refractivity contribution in [3.63, 3.8) is 0 Å². The second-order valence-electron chi connectivity index (χ2n) is 5.35. The summed E-state index contributed by atoms with van der Waals surface area (Å²) in [7, 11) is 0. The zero-order chi connectivity index (χ0) is 17.6. The van der Waals surface area contributed by atoms with E-state index >= 15 is 0 Å². The molecule has 0 bridgehead atoms. The number of nitrogens with one attached hydrogen (secondary N) is 2. The van der Waals surface area contributed by atoms with Gasteiger partial charge in [0.25, 0.3) is 0 Å². The quantitative estimate of drug-likeness (QED) is 0.698. The molecular formula is C17H20N2O4S. The Kier molecular flexibility index (Phi) is 5.94. The molecule has 0 spiro atoms. The van der Waals surface area contributed by atoms with Gasteiger partial charge in [0.15, 0.2) is 0 Å². The number of hydrogen-bond acceptors (Lipinski definition) is 5. The average molecular weight is 348 g/mol. The van der Waals surface area contributed by atoms with Crippen LogP contribution in [0.2, 0.25) is 0 Å². The standard InChI is InChI=1S/C17H20N2O4S/c1-3-23-13-8-6-12(7-9-13)19-16(21)15(20)18-11-17(2,22)14-5-4-10-24-14/h4-10,22H,3,11H2,1-2H3,(H,18,20)(H,19,21). The number of thiophene rings is 1. The number of rotatable bonds is 6. The van der Waals surface area contributed by atoms with Crippen LogP contribution in [0.3, 0.4) is 0 Å². The summed E-state index contributed by atoms with van der Waals surface area (Å²) in [5.74, 6) is -0.909. The lowest BCUT2D eigenvalue weighted by Crippen LogP contribution is -2.42. The first-order valence-electron chi connectivity index (χ1n) is 7.51. The number of carbonyl (C=O) groups excluding carboxylic acids is 2. The number of anilines is 1. The largest absolute Gasteiger partial charge is 0.494 e. The first kappa shape index (κ1) is 18.0. The molecule has 1 unspecified atom stereocenters. The second-order valence-corrected chi connectivity index (χ2v) is 6.29. The van der Waals surface area contributed by atoms with Gasteiger partial charge in [-0.1, -0.05) is 6.07 Å². The van der Waals surface area contributed by atoms with Crippen molar-refractivity contribution in [3.05, 3.63) is 46.7 Å². The third-order valence-electron chi connectivity index (χ3n) is 3.27. The van der Waals surface area contributed by atoms with Gasteiger partial charge in [0.05, 0.1) is 13.2 Å². The van der Waals surface area contributed by atoms with E-state index in [0.717, 1.165) is 4.88 Å². The fraction of sp³-hybridized carbons (Fsp3) is 0.294. The van der Waals surface area contributed by atoms with Gasteiger partial charge in [-0.2, -0.15) is 0 Å². The van der Waals surface area contributed by atoms with E-state index in [-0.39, 0.29) is 6.54 Å². The molecule has 0 aliphatic carbocycles. The molecule has 0 saturated heterocycles. The minimum atomic E-state index is -1.22. The maximum absolute atomic E-state index is 11.9. The highest BCUT2D eigenvalue weighted by atomic mass is 32.1. The molecule has 2 aromatic rings. The highest BCUT2D eigenvalue weighted by Crippen LogP contribution is 2.24. The molecule has 1 atom stereocenters. The van der Waals surface area contributed by atoms with E-state index in [0.29, 0.717) is 18.0 Å². The molecule has 0 aliphatic heterocycles. The zero-order valence-corrected chi connectivity index (χ0v) is 14.4. The minimum Gasteiger partial charge on any atom is -0.494 e. The Morgan fingerprint density at radius 1 is 1.21 bits per heavy atom. The molecule has 0 aliphatic rings. The van der Waals surface area contributed by atoms with Crippen molar-refractivity contribution in [3.8, 4) is 5.75 Å². The van der Waals surface area contributed by atoms with E-state index in [2.05, 4.69) is 10.6 Å². The molecule has 3 N–H and O–H groups in total. The third kappa shape index (κ3) is 4.81. The van der Waals surface area contributed by atoms with Gasteiger partial charge in [-0.3, -0.25) is 9.59 Å². The van der Waals surface area contributed by atoms with E-state index in [9.17, 15) is 14.7 Å². The molecule has 2 rings (SSSR count). The van der Waals surface area contributed by atoms with Crippen molar-refractivity contribution >= 4 is 28.8 Å². The summed E-state index contributed by atoms with van der Waals surface area (Å²) < 4.78 is 5.31. The Balaban J connectivity index is 1.87. The second kappa shape index (κ2) is 7.94. The molecule has 7 heteroatoms. The molecular weight excluding hydrogens is 328 g/mol. The van der Waals surface area contributed by atoms with Crippen LogP contribution < -0.4 is 15.4 Å². The Labute approximate surface area is 144 Å². The van der Waals surface area contributed by atoms with Crippen molar-refractivity contribution in [1.29, 1.82) is 0 Å². The Bertz CT molecular complexity index is 681. The highest BCUT2D eigenvalue weighted by molar-refractivity contribution is 7.10. The van der Waals surface area contributed by atoms with E-state index in [4.69, 9.17) is 4.74 Å². The summed E-state index contributed by atoms with van der Waals surface area (Å²) in [5, 5.41) is 17.1. The summed E-state index contributed by atoms with van der Waals surface area (Å²) in [6, 6.07) is 10.3. The molecule has 24 heavy (non-hydrogen) atoms. The minimum absolute atomic E-state index is 0.0525. The molecule has 1 heterocycles. The van der Waals surface area contributed by atoms with Crippen molar-refractivity contribution < 1.29 is 19.4 Å². The van der Waals surface area contributed by atoms with E-state index < -0.39 is 17.4 Å². The molecule has 1 aromatic carbocycles. The first-order valence-corrected chi connectivity index (χ1v) is 8.39. The third-order valence-corrected chi connectivity index (χ3v) is 4.40. The van der Waals surface area contributed by atoms with Gasteiger partial charge in [-0.25, -0.2) is 0 Å². The zero-order valence-electron chi connectivity index (χ0n) is 13.5. The summed E-state index contributed by atoms with van der Waals surface area (Å²) in [6.45, 7) is 3.97. The number of amides is 2. The predicted octanol–water partition coefficient (Wildman–Crippen LogP) is 2.11. The van der Waals surface area contributed by atoms with Crippen LogP contribution in [0, 0.1) is 0 Å². The van der Waals surface area contributed by atoms with Crippen LogP contribution in [0.5, 0.6) is 5.75 Å². The first-order chi connectivity index (χ1) is 11.4. The highest BCUT2D eigenvalue weighted by Gasteiger charge is 2.26. The van der Waals surface area contributed by atoms with Crippen LogP contribution in [0.15, 0.2) is 41.8 Å². The van der Waals surface area contributed by atoms with Crippen molar-refractivity contribution in [1.82, 2.24) is 5.32 Å². The molecule has 2 amide bonds. The summed E-state index contributed by atoms with van der Waals surface area (Å²) in [4.78, 5) is 24.5. The van der Waals surface area contributed by atoms with Crippen LogP contribution >= 0.6 is 11.3 Å². The maximum atomic E-state index is 11.9. The predicted molar refractivity (Wildman–Crippen MR) is 93.1 cm³/mol. The van der Waals surface area contributed by atoms with Gasteiger partial charge in [-0.15, -0.1) is 11.3 Å². The van der Waals surface area contributed by atoms with Crippen LogP contribution in [0.25, 0.3) is 0 Å². The number of hydrogen-bond donors (Lipinski definition) is 3. The SMILES string of the molecule is CCOc1ccc(NC(=O)C(=O)NCC(C)(O)c2cccs2)cc1. The average Bonchev–Trinajstić information content (AvgIpc) is 3.10. The summed E-state index contributed by atoms with van der Waals surface area (Å²) in [6.07, 6.45) is 0. The van der Waals surface area contributed by atoms with Gasteiger partial charge in [-0.05, 0) is 49.6 Å². The van der Waals surface area contributed by atoms with Gasteiger partial charge < -0.3 is 20.5 Å². The molecule has 0 saturated carbocycles. The Morgan fingerprint density at radius 3 is 2.50 bits per heavy atom. The molecule has 0 radical (unpaired) electrons. The topological polar surface area (TPSA) is 87.7 Å². The van der Waals surface area contributed by atoms with E-state index in [1.807, 2.05) is 18.4 Å². The van der Waals surface area contributed by atoms with Gasteiger partial charge in [0, 0.05) is 10.6 Å². The number of ether oxygens (including phenoxy) is 1. The molecule has 128 valence electrons. The summed E-state index contributed by atoms with van der Waals surface area (Å²) >= 11 is 1.38. The smallest absolute Gasteiger partial charge is 0.313 e. The lowest BCUT2D eigenvalue weighted by molar-refractivity contribution is -0.136. The lowest BCUT2D eigenvalue weighted by Gasteiger charge is -2.22. The molecule has 0 fully saturated rings. The van der Waals surface area contributed by atoms with Crippen LogP contribution in [0.4, 0.5) is 5.69 Å². The monoisotopic (exact) mass is 348 g/mol. The molecule has 1 aromatic heterocycles. The number of aliphatic hydroxyl groups is 1. The fourth-order valence-corrected chi connectivity index (χ4v) is 2.78. The van der Waals surface area contributed by atoms with Crippen molar-refractivity contribution in [2.45, 2.75) is 19.4 Å². The molecule has 6 nitrogen and oxygen atoms in total. The maximum Gasteiger partial charge on any atom is 0.313 e. The fourth-order valence-electron chi connectivity index (χ4n) is 1.99. The number of benzene rings is 1. The Morgan fingerprint density at radius 2 is 1.92 bits per heavy atom. The van der Waals surface area contributed by atoms with Crippen LogP contribution in [0.1, 0.15) is 18.7 Å². The van der Waals surface area contributed by atoms with Crippen LogP contribution in [-0.2, 0) is 15.2 Å². The van der Waals surface area contributed by atoms with Gasteiger partial charge >= 0.3 is 11.8 Å². The van der Waals surface area contributed by atoms with Crippen molar-refractivity contribution in [2.24, 2.45) is 0 Å².